The molecule has 0 radical (unpaired) electrons. The predicted octanol–water partition coefficient (Wildman–Crippen LogP) is 3.19. The third kappa shape index (κ3) is 2.43. The van der Waals surface area contributed by atoms with E-state index in [1.54, 1.807) is 29.7 Å². The van der Waals surface area contributed by atoms with Crippen LogP contribution in [0, 0.1) is 6.92 Å². The van der Waals surface area contributed by atoms with Gasteiger partial charge in [-0.1, -0.05) is 23.2 Å². The van der Waals surface area contributed by atoms with Gasteiger partial charge in [-0.05, 0) is 25.1 Å². The highest BCUT2D eigenvalue weighted by Gasteiger charge is 2.12. The number of carbonyl (C=O) groups is 1. The summed E-state index contributed by atoms with van der Waals surface area (Å²) >= 11 is 11.8. The molecule has 4 nitrogen and oxygen atoms in total. The summed E-state index contributed by atoms with van der Waals surface area (Å²) in [6, 6.07) is 4.98. The van der Waals surface area contributed by atoms with Crippen LogP contribution in [0.4, 0.5) is 0 Å². The van der Waals surface area contributed by atoms with Gasteiger partial charge in [0.1, 0.15) is 5.82 Å². The average molecular weight is 271 g/mol. The molecule has 0 bridgehead atoms. The minimum atomic E-state index is -1.07. The van der Waals surface area contributed by atoms with E-state index in [0.717, 1.165) is 0 Å². The molecule has 2 rings (SSSR count). The number of hydrogen-bond acceptors (Lipinski definition) is 2. The Morgan fingerprint density at radius 1 is 1.29 bits per heavy atom. The van der Waals surface area contributed by atoms with Crippen LogP contribution in [0.25, 0.3) is 5.69 Å². The fourth-order valence-corrected chi connectivity index (χ4v) is 2.03. The minimum absolute atomic E-state index is 0.0152. The Labute approximate surface area is 107 Å². The molecule has 0 saturated carbocycles. The third-order valence-electron chi connectivity index (χ3n) is 2.23. The van der Waals surface area contributed by atoms with E-state index in [4.69, 9.17) is 28.3 Å². The van der Waals surface area contributed by atoms with Crippen LogP contribution >= 0.6 is 23.2 Å². The molecule has 1 aromatic carbocycles. The first kappa shape index (κ1) is 12.0. The number of imidazole rings is 1. The lowest BCUT2D eigenvalue weighted by molar-refractivity contribution is 0.0691. The van der Waals surface area contributed by atoms with Gasteiger partial charge >= 0.3 is 5.97 Å². The number of nitrogens with zero attached hydrogens (tertiary/aromatic N) is 2. The molecule has 0 unspecified atom stereocenters. The normalized spacial score (nSPS) is 10.5. The lowest BCUT2D eigenvalue weighted by Crippen LogP contribution is -1.96. The van der Waals surface area contributed by atoms with Gasteiger partial charge in [0.05, 0.1) is 0 Å². The molecule has 1 heterocycles. The lowest BCUT2D eigenvalue weighted by Gasteiger charge is -2.05. The van der Waals surface area contributed by atoms with Crippen molar-refractivity contribution >= 4 is 29.2 Å². The first-order valence-electron chi connectivity index (χ1n) is 4.73. The smallest absolute Gasteiger partial charge is 0.356 e. The molecule has 0 aliphatic carbocycles. The van der Waals surface area contributed by atoms with Gasteiger partial charge in [-0.15, -0.1) is 0 Å². The molecular weight excluding hydrogens is 263 g/mol. The Kier molecular flexibility index (Phi) is 3.09. The van der Waals surface area contributed by atoms with E-state index in [1.807, 2.05) is 0 Å². The van der Waals surface area contributed by atoms with Crippen molar-refractivity contribution in [2.75, 3.05) is 0 Å². The number of halogens is 2. The van der Waals surface area contributed by atoms with Gasteiger partial charge in [0.2, 0.25) is 0 Å². The Balaban J connectivity index is 2.56. The number of benzene rings is 1. The van der Waals surface area contributed by atoms with Crippen LogP contribution in [0.1, 0.15) is 16.3 Å². The van der Waals surface area contributed by atoms with Crippen molar-refractivity contribution in [3.63, 3.8) is 0 Å². The second kappa shape index (κ2) is 4.39. The summed E-state index contributed by atoms with van der Waals surface area (Å²) in [4.78, 5) is 14.7. The Bertz CT molecular complexity index is 573. The molecule has 0 atom stereocenters. The monoisotopic (exact) mass is 270 g/mol. The summed E-state index contributed by atoms with van der Waals surface area (Å²) in [6.07, 6.45) is 1.43. The van der Waals surface area contributed by atoms with Crippen molar-refractivity contribution in [3.8, 4) is 5.69 Å². The highest BCUT2D eigenvalue weighted by atomic mass is 35.5. The van der Waals surface area contributed by atoms with Crippen LogP contribution in [0.15, 0.2) is 24.4 Å². The van der Waals surface area contributed by atoms with Gasteiger partial charge in [-0.3, -0.25) is 0 Å². The molecule has 0 spiro atoms. The summed E-state index contributed by atoms with van der Waals surface area (Å²) in [5.74, 6) is -0.513. The van der Waals surface area contributed by atoms with Crippen molar-refractivity contribution in [2.24, 2.45) is 0 Å². The van der Waals surface area contributed by atoms with Crippen LogP contribution in [-0.2, 0) is 0 Å². The largest absolute Gasteiger partial charge is 0.476 e. The van der Waals surface area contributed by atoms with Crippen molar-refractivity contribution < 1.29 is 9.90 Å². The maximum Gasteiger partial charge on any atom is 0.356 e. The van der Waals surface area contributed by atoms with Gasteiger partial charge in [0.15, 0.2) is 5.69 Å². The highest BCUT2D eigenvalue weighted by molar-refractivity contribution is 6.34. The summed E-state index contributed by atoms with van der Waals surface area (Å²) in [5.41, 5.74) is 0.665. The molecule has 6 heteroatoms. The van der Waals surface area contributed by atoms with Gasteiger partial charge in [-0.25, -0.2) is 9.78 Å². The van der Waals surface area contributed by atoms with E-state index in [1.165, 1.54) is 6.20 Å². The fourth-order valence-electron chi connectivity index (χ4n) is 1.52. The second-order valence-electron chi connectivity index (χ2n) is 3.48. The standard InChI is InChI=1S/C11H8Cl2N2O2/c1-6-14-10(11(16)17)5-15(6)9-3-7(12)2-8(13)4-9/h2-5H,1H3,(H,16,17). The molecule has 1 N–H and O–H groups in total. The Morgan fingerprint density at radius 2 is 1.88 bits per heavy atom. The molecule has 2 aromatic rings. The number of carboxylic acids is 1. The number of rotatable bonds is 2. The zero-order valence-electron chi connectivity index (χ0n) is 8.82. The average Bonchev–Trinajstić information content (AvgIpc) is 2.59. The summed E-state index contributed by atoms with van der Waals surface area (Å²) in [7, 11) is 0. The van der Waals surface area contributed by atoms with E-state index in [9.17, 15) is 4.79 Å². The maximum atomic E-state index is 10.8. The number of carboxylic acid groups (broad SMARTS) is 1. The molecular formula is C11H8Cl2N2O2. The number of aryl methyl sites for hydroxylation is 1. The van der Waals surface area contributed by atoms with E-state index < -0.39 is 5.97 Å². The second-order valence-corrected chi connectivity index (χ2v) is 4.35. The number of hydrogen-bond donors (Lipinski definition) is 1. The quantitative estimate of drug-likeness (QED) is 0.912. The Hall–Kier alpha value is -1.52. The summed E-state index contributed by atoms with van der Waals surface area (Å²) < 4.78 is 1.63. The van der Waals surface area contributed by atoms with Crippen molar-refractivity contribution in [3.05, 3.63) is 46.0 Å². The topological polar surface area (TPSA) is 55.1 Å². The summed E-state index contributed by atoms with van der Waals surface area (Å²) in [6.45, 7) is 1.71. The van der Waals surface area contributed by atoms with Gasteiger partial charge in [0.25, 0.3) is 0 Å². The first-order chi connectivity index (χ1) is 7.97. The van der Waals surface area contributed by atoms with Crippen LogP contribution in [-0.4, -0.2) is 20.6 Å². The SMILES string of the molecule is Cc1nc(C(=O)O)cn1-c1cc(Cl)cc(Cl)c1. The molecule has 0 fully saturated rings. The molecule has 0 saturated heterocycles. The summed E-state index contributed by atoms with van der Waals surface area (Å²) in [5, 5.41) is 9.82. The molecule has 17 heavy (non-hydrogen) atoms. The Morgan fingerprint density at radius 3 is 2.35 bits per heavy atom. The van der Waals surface area contributed by atoms with Crippen LogP contribution < -0.4 is 0 Å². The lowest BCUT2D eigenvalue weighted by atomic mass is 10.3. The minimum Gasteiger partial charge on any atom is -0.476 e. The van der Waals surface area contributed by atoms with Crippen LogP contribution in [0.2, 0.25) is 10.0 Å². The van der Waals surface area contributed by atoms with E-state index in [0.29, 0.717) is 21.6 Å². The third-order valence-corrected chi connectivity index (χ3v) is 2.66. The predicted molar refractivity (Wildman–Crippen MR) is 65.3 cm³/mol. The molecule has 1 aromatic heterocycles. The molecule has 0 amide bonds. The van der Waals surface area contributed by atoms with Gasteiger partial charge < -0.3 is 9.67 Å². The van der Waals surface area contributed by atoms with Crippen molar-refractivity contribution in [1.82, 2.24) is 9.55 Å². The number of aromatic carboxylic acids is 1. The fraction of sp³-hybridized carbons (Fsp3) is 0.0909. The zero-order chi connectivity index (χ0) is 12.6. The maximum absolute atomic E-state index is 10.8. The molecule has 0 aliphatic heterocycles. The van der Waals surface area contributed by atoms with Crippen molar-refractivity contribution in [1.29, 1.82) is 0 Å². The zero-order valence-corrected chi connectivity index (χ0v) is 10.3. The van der Waals surface area contributed by atoms with Crippen LogP contribution in [0.5, 0.6) is 0 Å². The first-order valence-corrected chi connectivity index (χ1v) is 5.48. The van der Waals surface area contributed by atoms with Crippen LogP contribution in [0.3, 0.4) is 0 Å². The van der Waals surface area contributed by atoms with E-state index in [-0.39, 0.29) is 5.69 Å². The van der Waals surface area contributed by atoms with E-state index >= 15 is 0 Å². The van der Waals surface area contributed by atoms with E-state index in [2.05, 4.69) is 4.98 Å². The highest BCUT2D eigenvalue weighted by Crippen LogP contribution is 2.23. The van der Waals surface area contributed by atoms with Gasteiger partial charge in [0, 0.05) is 21.9 Å². The molecule has 88 valence electrons. The number of aromatic nitrogens is 2. The molecule has 0 aliphatic rings. The van der Waals surface area contributed by atoms with Crippen molar-refractivity contribution in [2.45, 2.75) is 6.92 Å². The van der Waals surface area contributed by atoms with Gasteiger partial charge in [-0.2, -0.15) is 0 Å².